The van der Waals surface area contributed by atoms with Gasteiger partial charge in [0.25, 0.3) is 0 Å². The van der Waals surface area contributed by atoms with Crippen molar-refractivity contribution < 1.29 is 13.2 Å². The van der Waals surface area contributed by atoms with Gasteiger partial charge in [-0.05, 0) is 43.3 Å². The molecule has 0 aliphatic carbocycles. The molecule has 126 valence electrons. The molecule has 5 nitrogen and oxygen atoms in total. The third-order valence-corrected chi connectivity index (χ3v) is 5.73. The van der Waals surface area contributed by atoms with Crippen molar-refractivity contribution in [3.63, 3.8) is 0 Å². The molecule has 0 radical (unpaired) electrons. The van der Waals surface area contributed by atoms with Gasteiger partial charge in [-0.2, -0.15) is 0 Å². The van der Waals surface area contributed by atoms with Gasteiger partial charge in [-0.1, -0.05) is 12.1 Å². The zero-order chi connectivity index (χ0) is 17.2. The number of ether oxygens (including phenoxy) is 1. The minimum absolute atomic E-state index is 0.0792. The molecule has 0 N–H and O–H groups in total. The maximum atomic E-state index is 12.7. The number of sulfone groups is 1. The lowest BCUT2D eigenvalue weighted by Crippen LogP contribution is -2.35. The largest absolute Gasteiger partial charge is 0.497 e. The molecule has 3 rings (SSSR count). The maximum Gasteiger partial charge on any atom is 0.183 e. The van der Waals surface area contributed by atoms with E-state index in [2.05, 4.69) is 16.8 Å². The van der Waals surface area contributed by atoms with Gasteiger partial charge in [0.15, 0.2) is 9.84 Å². The number of benzene rings is 2. The van der Waals surface area contributed by atoms with Crippen molar-refractivity contribution >= 4 is 26.9 Å². The number of hydrogen-bond donors (Lipinski definition) is 0. The van der Waals surface area contributed by atoms with E-state index in [-0.39, 0.29) is 10.6 Å². The molecule has 6 heteroatoms. The van der Waals surface area contributed by atoms with Gasteiger partial charge in [0.05, 0.1) is 41.4 Å². The lowest BCUT2D eigenvalue weighted by atomic mass is 10.2. The molecular formula is C18H20N2O3S. The zero-order valence-electron chi connectivity index (χ0n) is 13.8. The molecule has 0 aromatic heterocycles. The Kier molecular flexibility index (Phi) is 4.57. The van der Waals surface area contributed by atoms with Gasteiger partial charge >= 0.3 is 0 Å². The third kappa shape index (κ3) is 3.28. The summed E-state index contributed by atoms with van der Waals surface area (Å²) in [5.41, 5.74) is 2.53. The summed E-state index contributed by atoms with van der Waals surface area (Å²) in [5.74, 6) is 0.555. The van der Waals surface area contributed by atoms with Crippen LogP contribution in [0.2, 0.25) is 0 Å². The average molecular weight is 344 g/mol. The quantitative estimate of drug-likeness (QED) is 0.836. The Labute approximate surface area is 142 Å². The Morgan fingerprint density at radius 1 is 1.12 bits per heavy atom. The number of rotatable bonds is 5. The van der Waals surface area contributed by atoms with E-state index in [1.807, 2.05) is 24.3 Å². The van der Waals surface area contributed by atoms with Crippen LogP contribution in [-0.2, 0) is 9.84 Å². The molecule has 0 amide bonds. The van der Waals surface area contributed by atoms with Crippen LogP contribution in [0.25, 0.3) is 0 Å². The monoisotopic (exact) mass is 344 g/mol. The standard InChI is InChI=1S/C18H20N2O3S/c1-3-20-12-14(19-17-6-4-5-7-18(17)20)13-24(21,22)16-10-8-15(23-2)9-11-16/h4-11H,3,12-13H2,1-2H3. The summed E-state index contributed by atoms with van der Waals surface area (Å²) in [6.07, 6.45) is 0. The summed E-state index contributed by atoms with van der Waals surface area (Å²) in [7, 11) is -1.88. The summed E-state index contributed by atoms with van der Waals surface area (Å²) >= 11 is 0. The first-order chi connectivity index (χ1) is 11.5. The van der Waals surface area contributed by atoms with Gasteiger partial charge in [-0.25, -0.2) is 8.42 Å². The van der Waals surface area contributed by atoms with Crippen LogP contribution < -0.4 is 9.64 Å². The SMILES string of the molecule is CCN1CC(CS(=O)(=O)c2ccc(OC)cc2)=Nc2ccccc21. The molecule has 0 spiro atoms. The summed E-state index contributed by atoms with van der Waals surface area (Å²) in [5, 5.41) is 0. The van der Waals surface area contributed by atoms with E-state index >= 15 is 0 Å². The van der Waals surface area contributed by atoms with Gasteiger partial charge in [-0.15, -0.1) is 0 Å². The predicted octanol–water partition coefficient (Wildman–Crippen LogP) is 3.08. The molecule has 0 bridgehead atoms. The highest BCUT2D eigenvalue weighted by Crippen LogP contribution is 2.32. The highest BCUT2D eigenvalue weighted by Gasteiger charge is 2.23. The van der Waals surface area contributed by atoms with Crippen LogP contribution in [0.4, 0.5) is 11.4 Å². The van der Waals surface area contributed by atoms with Crippen LogP contribution >= 0.6 is 0 Å². The molecule has 0 fully saturated rings. The average Bonchev–Trinajstić information content (AvgIpc) is 2.60. The number of methoxy groups -OCH3 is 1. The second-order valence-corrected chi connectivity index (χ2v) is 7.61. The second kappa shape index (κ2) is 6.65. The third-order valence-electron chi connectivity index (χ3n) is 4.03. The van der Waals surface area contributed by atoms with E-state index in [0.717, 1.165) is 17.9 Å². The summed E-state index contributed by atoms with van der Waals surface area (Å²) in [6, 6.07) is 14.3. The number of hydrogen-bond acceptors (Lipinski definition) is 5. The van der Waals surface area contributed by atoms with Gasteiger partial charge < -0.3 is 9.64 Å². The molecule has 2 aromatic carbocycles. The number of aliphatic imine (C=N–C) groups is 1. The molecule has 24 heavy (non-hydrogen) atoms. The molecule has 2 aromatic rings. The minimum Gasteiger partial charge on any atom is -0.497 e. The fourth-order valence-corrected chi connectivity index (χ4v) is 4.10. The first kappa shape index (κ1) is 16.5. The molecular weight excluding hydrogens is 324 g/mol. The molecule has 0 atom stereocenters. The second-order valence-electron chi connectivity index (χ2n) is 5.62. The van der Waals surface area contributed by atoms with Crippen LogP contribution in [0, 0.1) is 0 Å². The highest BCUT2D eigenvalue weighted by atomic mass is 32.2. The molecule has 1 aliphatic rings. The van der Waals surface area contributed by atoms with Crippen molar-refractivity contribution in [3.05, 3.63) is 48.5 Å². The van der Waals surface area contributed by atoms with Crippen molar-refractivity contribution in [3.8, 4) is 5.75 Å². The minimum atomic E-state index is -3.43. The highest BCUT2D eigenvalue weighted by molar-refractivity contribution is 7.92. The van der Waals surface area contributed by atoms with Crippen molar-refractivity contribution in [2.45, 2.75) is 11.8 Å². The fourth-order valence-electron chi connectivity index (χ4n) is 2.78. The number of nitrogens with zero attached hydrogens (tertiary/aromatic N) is 2. The van der Waals surface area contributed by atoms with Gasteiger partial charge in [-0.3, -0.25) is 4.99 Å². The van der Waals surface area contributed by atoms with Gasteiger partial charge in [0.2, 0.25) is 0 Å². The van der Waals surface area contributed by atoms with Crippen LogP contribution in [-0.4, -0.2) is 40.1 Å². The van der Waals surface area contributed by atoms with Crippen LogP contribution in [0.15, 0.2) is 58.4 Å². The van der Waals surface area contributed by atoms with E-state index in [4.69, 9.17) is 4.74 Å². The summed E-state index contributed by atoms with van der Waals surface area (Å²) in [6.45, 7) is 3.39. The summed E-state index contributed by atoms with van der Waals surface area (Å²) in [4.78, 5) is 6.98. The van der Waals surface area contributed by atoms with E-state index in [1.165, 1.54) is 0 Å². The van der Waals surface area contributed by atoms with Gasteiger partial charge in [0, 0.05) is 6.54 Å². The van der Waals surface area contributed by atoms with Gasteiger partial charge in [0.1, 0.15) is 5.75 Å². The Hall–Kier alpha value is -2.34. The van der Waals surface area contributed by atoms with Crippen molar-refractivity contribution in [2.24, 2.45) is 4.99 Å². The topological polar surface area (TPSA) is 59.0 Å². The van der Waals surface area contributed by atoms with E-state index in [1.54, 1.807) is 31.4 Å². The Morgan fingerprint density at radius 3 is 2.50 bits per heavy atom. The number of para-hydroxylation sites is 2. The predicted molar refractivity (Wildman–Crippen MR) is 96.5 cm³/mol. The smallest absolute Gasteiger partial charge is 0.183 e. The summed E-state index contributed by atoms with van der Waals surface area (Å²) < 4.78 is 30.4. The van der Waals surface area contributed by atoms with Crippen LogP contribution in [0.1, 0.15) is 6.92 Å². The molecule has 1 heterocycles. The van der Waals surface area contributed by atoms with E-state index in [0.29, 0.717) is 18.0 Å². The Bertz CT molecular complexity index is 858. The first-order valence-electron chi connectivity index (χ1n) is 7.80. The van der Waals surface area contributed by atoms with Crippen molar-refractivity contribution in [1.29, 1.82) is 0 Å². The van der Waals surface area contributed by atoms with Crippen LogP contribution in [0.3, 0.4) is 0 Å². The van der Waals surface area contributed by atoms with E-state index in [9.17, 15) is 8.42 Å². The molecule has 1 aliphatic heterocycles. The molecule has 0 saturated heterocycles. The Balaban J connectivity index is 1.88. The lowest BCUT2D eigenvalue weighted by Gasteiger charge is -2.29. The lowest BCUT2D eigenvalue weighted by molar-refractivity contribution is 0.414. The zero-order valence-corrected chi connectivity index (χ0v) is 14.6. The number of anilines is 1. The first-order valence-corrected chi connectivity index (χ1v) is 9.46. The number of fused-ring (bicyclic) bond motifs is 1. The normalized spacial score (nSPS) is 14.1. The van der Waals surface area contributed by atoms with E-state index < -0.39 is 9.84 Å². The van der Waals surface area contributed by atoms with Crippen LogP contribution in [0.5, 0.6) is 5.75 Å². The Morgan fingerprint density at radius 2 is 1.83 bits per heavy atom. The van der Waals surface area contributed by atoms with Crippen molar-refractivity contribution in [1.82, 2.24) is 0 Å². The molecule has 0 unspecified atom stereocenters. The molecule has 0 saturated carbocycles. The van der Waals surface area contributed by atoms with Crippen molar-refractivity contribution in [2.75, 3.05) is 30.9 Å². The fraction of sp³-hybridized carbons (Fsp3) is 0.278. The maximum absolute atomic E-state index is 12.7.